The molecule has 5 rings (SSSR count). The Kier molecular flexibility index (Phi) is 4.66. The number of nitrogens with zero attached hydrogens (tertiary/aromatic N) is 6. The number of fused-ring (bicyclic) bond motifs is 2. The lowest BCUT2D eigenvalue weighted by molar-refractivity contribution is 0.409. The van der Waals surface area contributed by atoms with Gasteiger partial charge in [0.2, 0.25) is 5.95 Å². The van der Waals surface area contributed by atoms with Crippen molar-refractivity contribution < 1.29 is 0 Å². The Hall–Kier alpha value is -3.00. The van der Waals surface area contributed by atoms with Crippen molar-refractivity contribution in [1.29, 1.82) is 0 Å². The van der Waals surface area contributed by atoms with Gasteiger partial charge in [0, 0.05) is 41.6 Å². The largest absolute Gasteiger partial charge is 0.350 e. The van der Waals surface area contributed by atoms with Gasteiger partial charge in [-0.3, -0.25) is 0 Å². The highest BCUT2D eigenvalue weighted by molar-refractivity contribution is 5.85. The molecule has 0 unspecified atom stereocenters. The second-order valence-electron chi connectivity index (χ2n) is 8.59. The van der Waals surface area contributed by atoms with Gasteiger partial charge in [0.25, 0.3) is 0 Å². The van der Waals surface area contributed by atoms with Crippen molar-refractivity contribution >= 4 is 22.6 Å². The number of imidazole rings is 1. The van der Waals surface area contributed by atoms with Gasteiger partial charge in [-0.1, -0.05) is 0 Å². The molecule has 3 N–H and O–H groups in total. The molecule has 0 spiro atoms. The number of nitrogens with two attached hydrogens (primary N) is 1. The van der Waals surface area contributed by atoms with Crippen LogP contribution in [0.4, 0.5) is 5.95 Å². The molecular weight excluding hydrogens is 376 g/mol. The van der Waals surface area contributed by atoms with Gasteiger partial charge < -0.3 is 15.6 Å². The van der Waals surface area contributed by atoms with Gasteiger partial charge >= 0.3 is 0 Å². The monoisotopic (exact) mass is 404 g/mol. The van der Waals surface area contributed by atoms with Crippen molar-refractivity contribution in [3.63, 3.8) is 0 Å². The molecule has 1 aliphatic carbocycles. The Morgan fingerprint density at radius 1 is 1.10 bits per heavy atom. The molecule has 0 aromatic carbocycles. The van der Waals surface area contributed by atoms with Gasteiger partial charge in [0.1, 0.15) is 5.82 Å². The second-order valence-corrected chi connectivity index (χ2v) is 8.59. The first kappa shape index (κ1) is 19.0. The van der Waals surface area contributed by atoms with Crippen LogP contribution in [0.5, 0.6) is 0 Å². The lowest BCUT2D eigenvalue weighted by atomic mass is 9.92. The number of nitrogens with one attached hydrogen (secondary N) is 1. The molecule has 8 nitrogen and oxygen atoms in total. The van der Waals surface area contributed by atoms with Crippen LogP contribution in [-0.2, 0) is 0 Å². The first-order chi connectivity index (χ1) is 14.5. The maximum Gasteiger partial charge on any atom is 0.241 e. The molecule has 0 saturated heterocycles. The molecule has 156 valence electrons. The van der Waals surface area contributed by atoms with Gasteiger partial charge in [-0.15, -0.1) is 5.10 Å². The average Bonchev–Trinajstić information content (AvgIpc) is 3.28. The summed E-state index contributed by atoms with van der Waals surface area (Å²) in [6.45, 7) is 6.35. The van der Waals surface area contributed by atoms with Gasteiger partial charge in [0.05, 0.1) is 17.2 Å². The Morgan fingerprint density at radius 3 is 2.67 bits per heavy atom. The van der Waals surface area contributed by atoms with Crippen LogP contribution >= 0.6 is 0 Å². The van der Waals surface area contributed by atoms with Gasteiger partial charge in [-0.25, -0.2) is 19.5 Å². The zero-order valence-corrected chi connectivity index (χ0v) is 17.7. The van der Waals surface area contributed by atoms with Crippen molar-refractivity contribution in [2.75, 3.05) is 5.32 Å². The van der Waals surface area contributed by atoms with E-state index in [9.17, 15) is 0 Å². The number of aromatic nitrogens is 6. The Labute approximate surface area is 175 Å². The van der Waals surface area contributed by atoms with Gasteiger partial charge in [-0.2, -0.15) is 0 Å². The average molecular weight is 405 g/mol. The van der Waals surface area contributed by atoms with E-state index in [0.29, 0.717) is 24.1 Å². The summed E-state index contributed by atoms with van der Waals surface area (Å²) in [4.78, 5) is 13.8. The van der Waals surface area contributed by atoms with Crippen LogP contribution < -0.4 is 11.1 Å². The van der Waals surface area contributed by atoms with Crippen molar-refractivity contribution in [2.45, 2.75) is 64.6 Å². The molecule has 1 saturated carbocycles. The predicted octanol–water partition coefficient (Wildman–Crippen LogP) is 3.71. The van der Waals surface area contributed by atoms with E-state index in [0.717, 1.165) is 59.3 Å². The minimum atomic E-state index is 0.323. The minimum Gasteiger partial charge on any atom is -0.350 e. The molecule has 4 aromatic heterocycles. The quantitative estimate of drug-likeness (QED) is 0.538. The number of hydrogen-bond donors (Lipinski definition) is 2. The molecule has 4 aromatic rings. The van der Waals surface area contributed by atoms with E-state index in [1.807, 2.05) is 30.0 Å². The van der Waals surface area contributed by atoms with Crippen LogP contribution in [0.2, 0.25) is 0 Å². The summed E-state index contributed by atoms with van der Waals surface area (Å²) in [5, 5.41) is 8.14. The SMILES string of the molecule is Cc1nc2ncc(-c3ccn4nc(N[C@H]5CC[C@H](N)CC5)ncc34)cc2n1C(C)C. The summed E-state index contributed by atoms with van der Waals surface area (Å²) < 4.78 is 4.10. The van der Waals surface area contributed by atoms with E-state index >= 15 is 0 Å². The lowest BCUT2D eigenvalue weighted by Crippen LogP contribution is -2.33. The van der Waals surface area contributed by atoms with Crippen molar-refractivity contribution in [1.82, 2.24) is 29.1 Å². The number of hydrogen-bond acceptors (Lipinski definition) is 6. The maximum absolute atomic E-state index is 6.01. The van der Waals surface area contributed by atoms with E-state index in [2.05, 4.69) is 55.9 Å². The van der Waals surface area contributed by atoms with Gasteiger partial charge in [-0.05, 0) is 58.6 Å². The van der Waals surface area contributed by atoms with Crippen LogP contribution in [-0.4, -0.2) is 41.2 Å². The third-order valence-electron chi connectivity index (χ3n) is 6.07. The number of pyridine rings is 1. The Bertz CT molecular complexity index is 1200. The zero-order chi connectivity index (χ0) is 20.8. The van der Waals surface area contributed by atoms with Crippen LogP contribution in [0.1, 0.15) is 51.4 Å². The van der Waals surface area contributed by atoms with E-state index in [4.69, 9.17) is 5.73 Å². The zero-order valence-electron chi connectivity index (χ0n) is 17.7. The van der Waals surface area contributed by atoms with Crippen molar-refractivity contribution in [3.05, 3.63) is 36.5 Å². The summed E-state index contributed by atoms with van der Waals surface area (Å²) in [6.07, 6.45) is 9.97. The van der Waals surface area contributed by atoms with Crippen LogP contribution in [0.25, 0.3) is 27.8 Å². The molecule has 1 aliphatic rings. The maximum atomic E-state index is 6.01. The van der Waals surface area contributed by atoms with Gasteiger partial charge in [0.15, 0.2) is 5.65 Å². The topological polar surface area (TPSA) is 98.9 Å². The molecule has 0 amide bonds. The number of rotatable bonds is 4. The standard InChI is InChI=1S/C22H28N8/c1-13(2)30-14(3)26-21-19(30)10-15(11-24-21)18-8-9-29-20(18)12-25-22(28-29)27-17-6-4-16(23)5-7-17/h8-13,16-17H,4-7,23H2,1-3H3,(H,27,28)/t16-,17-. The first-order valence-electron chi connectivity index (χ1n) is 10.7. The second kappa shape index (κ2) is 7.36. The minimum absolute atomic E-state index is 0.323. The third-order valence-corrected chi connectivity index (χ3v) is 6.07. The molecule has 4 heterocycles. The number of anilines is 1. The molecule has 0 bridgehead atoms. The predicted molar refractivity (Wildman–Crippen MR) is 118 cm³/mol. The summed E-state index contributed by atoms with van der Waals surface area (Å²) in [5.74, 6) is 1.64. The first-order valence-corrected chi connectivity index (χ1v) is 10.7. The number of aryl methyl sites for hydroxylation is 1. The summed E-state index contributed by atoms with van der Waals surface area (Å²) in [5.41, 5.74) is 10.9. The summed E-state index contributed by atoms with van der Waals surface area (Å²) in [6, 6.07) is 5.28. The highest BCUT2D eigenvalue weighted by Crippen LogP contribution is 2.29. The molecule has 1 fully saturated rings. The van der Waals surface area contributed by atoms with Crippen LogP contribution in [0.3, 0.4) is 0 Å². The van der Waals surface area contributed by atoms with Crippen molar-refractivity contribution in [3.8, 4) is 11.1 Å². The molecule has 0 atom stereocenters. The summed E-state index contributed by atoms with van der Waals surface area (Å²) >= 11 is 0. The fraction of sp³-hybridized carbons (Fsp3) is 0.455. The van der Waals surface area contributed by atoms with E-state index in [1.165, 1.54) is 0 Å². The fourth-order valence-electron chi connectivity index (χ4n) is 4.55. The Balaban J connectivity index is 1.47. The van der Waals surface area contributed by atoms with E-state index in [1.54, 1.807) is 0 Å². The van der Waals surface area contributed by atoms with Crippen molar-refractivity contribution in [2.24, 2.45) is 5.73 Å². The highest BCUT2D eigenvalue weighted by atomic mass is 15.3. The molecule has 0 aliphatic heterocycles. The molecule has 0 radical (unpaired) electrons. The highest BCUT2D eigenvalue weighted by Gasteiger charge is 2.19. The fourth-order valence-corrected chi connectivity index (χ4v) is 4.55. The normalized spacial score (nSPS) is 19.8. The molecule has 8 heteroatoms. The lowest BCUT2D eigenvalue weighted by Gasteiger charge is -2.26. The van der Waals surface area contributed by atoms with E-state index in [-0.39, 0.29) is 0 Å². The molecule has 30 heavy (non-hydrogen) atoms. The van der Waals surface area contributed by atoms with Crippen LogP contribution in [0, 0.1) is 6.92 Å². The van der Waals surface area contributed by atoms with E-state index < -0.39 is 0 Å². The Morgan fingerprint density at radius 2 is 1.90 bits per heavy atom. The smallest absolute Gasteiger partial charge is 0.241 e. The molecular formula is C22H28N8. The third kappa shape index (κ3) is 3.31. The summed E-state index contributed by atoms with van der Waals surface area (Å²) in [7, 11) is 0. The van der Waals surface area contributed by atoms with Crippen LogP contribution in [0.15, 0.2) is 30.7 Å².